The Morgan fingerprint density at radius 2 is 1.82 bits per heavy atom. The summed E-state index contributed by atoms with van der Waals surface area (Å²) in [5.41, 5.74) is 0.797. The zero-order valence-corrected chi connectivity index (χ0v) is 14.7. The van der Waals surface area contributed by atoms with Gasteiger partial charge in [-0.1, -0.05) is 46.3 Å². The van der Waals surface area contributed by atoms with Crippen molar-refractivity contribution in [3.8, 4) is 0 Å². The molecule has 1 aromatic carbocycles. The van der Waals surface area contributed by atoms with Crippen molar-refractivity contribution < 1.29 is 17.9 Å². The molecular formula is C14H19BrN2O4S. The van der Waals surface area contributed by atoms with Gasteiger partial charge in [0.25, 0.3) is 5.91 Å². The fourth-order valence-corrected chi connectivity index (χ4v) is 4.16. The molecule has 1 aliphatic heterocycles. The van der Waals surface area contributed by atoms with Gasteiger partial charge in [0.15, 0.2) is 6.10 Å². The zero-order chi connectivity index (χ0) is 16.2. The van der Waals surface area contributed by atoms with E-state index >= 15 is 0 Å². The molecule has 1 fully saturated rings. The van der Waals surface area contributed by atoms with E-state index in [-0.39, 0.29) is 10.6 Å². The number of piperazine rings is 1. The first-order chi connectivity index (χ1) is 10.5. The van der Waals surface area contributed by atoms with Crippen LogP contribution in [0.5, 0.6) is 0 Å². The lowest BCUT2D eigenvalue weighted by Crippen LogP contribution is -2.51. The molecule has 0 bridgehead atoms. The van der Waals surface area contributed by atoms with E-state index in [4.69, 9.17) is 4.74 Å². The van der Waals surface area contributed by atoms with E-state index in [0.717, 1.165) is 5.56 Å². The number of hydrogen-bond donors (Lipinski definition) is 0. The Balaban J connectivity index is 2.03. The Bertz CT molecular complexity index is 601. The molecule has 0 aromatic heterocycles. The van der Waals surface area contributed by atoms with Crippen LogP contribution >= 0.6 is 15.9 Å². The summed E-state index contributed by atoms with van der Waals surface area (Å²) in [4.78, 5) is 14.2. The summed E-state index contributed by atoms with van der Waals surface area (Å²) in [5.74, 6) is -0.135. The second kappa shape index (κ2) is 7.54. The highest BCUT2D eigenvalue weighted by Gasteiger charge is 2.31. The maximum atomic E-state index is 12.6. The molecule has 1 amide bonds. The van der Waals surface area contributed by atoms with Gasteiger partial charge in [-0.15, -0.1) is 0 Å². The van der Waals surface area contributed by atoms with E-state index in [9.17, 15) is 13.2 Å². The number of benzene rings is 1. The molecule has 0 spiro atoms. The van der Waals surface area contributed by atoms with E-state index in [2.05, 4.69) is 15.9 Å². The average Bonchev–Trinajstić information content (AvgIpc) is 2.56. The molecule has 1 atom stereocenters. The number of carbonyl (C=O) groups is 1. The third kappa shape index (κ3) is 3.87. The summed E-state index contributed by atoms with van der Waals surface area (Å²) >= 11 is 2.99. The molecule has 0 N–H and O–H groups in total. The summed E-state index contributed by atoms with van der Waals surface area (Å²) < 4.78 is 30.2. The smallest absolute Gasteiger partial charge is 0.256 e. The monoisotopic (exact) mass is 390 g/mol. The van der Waals surface area contributed by atoms with Gasteiger partial charge >= 0.3 is 0 Å². The molecule has 8 heteroatoms. The Labute approximate surface area is 139 Å². The Morgan fingerprint density at radius 1 is 1.23 bits per heavy atom. The summed E-state index contributed by atoms with van der Waals surface area (Å²) in [6.07, 6.45) is -0.652. The van der Waals surface area contributed by atoms with Gasteiger partial charge in [-0.05, 0) is 5.56 Å². The number of methoxy groups -OCH3 is 1. The van der Waals surface area contributed by atoms with Crippen LogP contribution in [0, 0.1) is 0 Å². The summed E-state index contributed by atoms with van der Waals surface area (Å²) in [6, 6.07) is 9.28. The van der Waals surface area contributed by atoms with Crippen LogP contribution in [-0.2, 0) is 19.6 Å². The Kier molecular flexibility index (Phi) is 5.96. The molecule has 1 saturated heterocycles. The van der Waals surface area contributed by atoms with Gasteiger partial charge in [0.2, 0.25) is 10.0 Å². The second-order valence-corrected chi connectivity index (χ2v) is 8.24. The minimum atomic E-state index is -3.27. The number of ether oxygens (including phenoxy) is 1. The van der Waals surface area contributed by atoms with Crippen molar-refractivity contribution in [2.45, 2.75) is 6.10 Å². The highest BCUT2D eigenvalue weighted by Crippen LogP contribution is 2.20. The molecule has 1 aromatic rings. The van der Waals surface area contributed by atoms with Crippen molar-refractivity contribution in [1.82, 2.24) is 9.21 Å². The number of rotatable bonds is 5. The fourth-order valence-electron chi connectivity index (χ4n) is 2.43. The van der Waals surface area contributed by atoms with Crippen LogP contribution in [0.2, 0.25) is 0 Å². The SMILES string of the molecule is COC(C(=O)N1CCN(S(=O)(=O)CBr)CC1)c1ccccc1. The van der Waals surface area contributed by atoms with E-state index in [1.807, 2.05) is 30.3 Å². The van der Waals surface area contributed by atoms with Crippen molar-refractivity contribution in [2.75, 3.05) is 38.0 Å². The van der Waals surface area contributed by atoms with Gasteiger partial charge in [0.1, 0.15) is 4.66 Å². The van der Waals surface area contributed by atoms with E-state index < -0.39 is 16.1 Å². The molecule has 0 radical (unpaired) electrons. The normalized spacial score (nSPS) is 18.2. The number of carbonyl (C=O) groups excluding carboxylic acids is 1. The van der Waals surface area contributed by atoms with Gasteiger partial charge < -0.3 is 9.64 Å². The first-order valence-electron chi connectivity index (χ1n) is 6.90. The minimum Gasteiger partial charge on any atom is -0.367 e. The standard InChI is InChI=1S/C14H19BrN2O4S/c1-21-13(12-5-3-2-4-6-12)14(18)16-7-9-17(10-8-16)22(19,20)11-15/h2-6,13H,7-11H2,1H3. The van der Waals surface area contributed by atoms with Crippen molar-refractivity contribution >= 4 is 31.9 Å². The molecule has 1 unspecified atom stereocenters. The zero-order valence-electron chi connectivity index (χ0n) is 12.3. The van der Waals surface area contributed by atoms with E-state index in [0.29, 0.717) is 26.2 Å². The summed E-state index contributed by atoms with van der Waals surface area (Å²) in [7, 11) is -1.77. The largest absolute Gasteiger partial charge is 0.367 e. The predicted octanol–water partition coefficient (Wildman–Crippen LogP) is 1.20. The van der Waals surface area contributed by atoms with Crippen LogP contribution < -0.4 is 0 Å². The van der Waals surface area contributed by atoms with E-state index in [1.54, 1.807) is 4.90 Å². The topological polar surface area (TPSA) is 66.9 Å². The van der Waals surface area contributed by atoms with E-state index in [1.165, 1.54) is 11.4 Å². The van der Waals surface area contributed by atoms with Gasteiger partial charge in [0.05, 0.1) is 0 Å². The molecular weight excluding hydrogens is 372 g/mol. The van der Waals surface area contributed by atoms with Crippen molar-refractivity contribution in [3.63, 3.8) is 0 Å². The van der Waals surface area contributed by atoms with Crippen LogP contribution in [0.15, 0.2) is 30.3 Å². The van der Waals surface area contributed by atoms with Crippen LogP contribution in [0.3, 0.4) is 0 Å². The maximum Gasteiger partial charge on any atom is 0.256 e. The number of amides is 1. The molecule has 6 nitrogen and oxygen atoms in total. The van der Waals surface area contributed by atoms with Crippen molar-refractivity contribution in [2.24, 2.45) is 0 Å². The minimum absolute atomic E-state index is 0.0986. The number of sulfonamides is 1. The van der Waals surface area contributed by atoms with Crippen molar-refractivity contribution in [1.29, 1.82) is 0 Å². The molecule has 122 valence electrons. The molecule has 1 heterocycles. The third-order valence-electron chi connectivity index (χ3n) is 3.64. The van der Waals surface area contributed by atoms with Crippen LogP contribution in [0.25, 0.3) is 0 Å². The molecule has 22 heavy (non-hydrogen) atoms. The van der Waals surface area contributed by atoms with Gasteiger partial charge in [-0.2, -0.15) is 4.31 Å². The first-order valence-corrected chi connectivity index (χ1v) is 9.63. The predicted molar refractivity (Wildman–Crippen MR) is 87.1 cm³/mol. The number of nitrogens with zero attached hydrogens (tertiary/aromatic N) is 2. The van der Waals surface area contributed by atoms with Crippen LogP contribution in [0.1, 0.15) is 11.7 Å². The highest BCUT2D eigenvalue weighted by atomic mass is 79.9. The number of alkyl halides is 1. The molecule has 1 aliphatic rings. The Morgan fingerprint density at radius 3 is 2.32 bits per heavy atom. The third-order valence-corrected chi connectivity index (χ3v) is 6.81. The lowest BCUT2D eigenvalue weighted by atomic mass is 10.1. The Hall–Kier alpha value is -0.960. The molecule has 0 aliphatic carbocycles. The lowest BCUT2D eigenvalue weighted by molar-refractivity contribution is -0.143. The lowest BCUT2D eigenvalue weighted by Gasteiger charge is -2.35. The molecule has 0 saturated carbocycles. The van der Waals surface area contributed by atoms with Gasteiger partial charge in [0, 0.05) is 33.3 Å². The highest BCUT2D eigenvalue weighted by molar-refractivity contribution is 9.10. The second-order valence-electron chi connectivity index (χ2n) is 4.97. The number of halogens is 1. The maximum absolute atomic E-state index is 12.6. The summed E-state index contributed by atoms with van der Waals surface area (Å²) in [6.45, 7) is 1.37. The number of hydrogen-bond acceptors (Lipinski definition) is 4. The van der Waals surface area contributed by atoms with Crippen molar-refractivity contribution in [3.05, 3.63) is 35.9 Å². The van der Waals surface area contributed by atoms with Crippen LogP contribution in [0.4, 0.5) is 0 Å². The quantitative estimate of drug-likeness (QED) is 0.708. The van der Waals surface area contributed by atoms with Gasteiger partial charge in [-0.25, -0.2) is 8.42 Å². The van der Waals surface area contributed by atoms with Crippen LogP contribution in [-0.4, -0.2) is 61.5 Å². The first kappa shape index (κ1) is 17.4. The van der Waals surface area contributed by atoms with Gasteiger partial charge in [-0.3, -0.25) is 4.79 Å². The molecule has 2 rings (SSSR count). The fraction of sp³-hybridized carbons (Fsp3) is 0.500. The summed E-state index contributed by atoms with van der Waals surface area (Å²) in [5, 5.41) is 0. The average molecular weight is 391 g/mol.